The van der Waals surface area contributed by atoms with Gasteiger partial charge in [0.15, 0.2) is 0 Å². The standard InChI is InChI=1S/C13H9F6NO3S/c14-12(15,16)7-3-1-6(2-4-7)9-20(11(23)13(17,18)19)8(5-24-9)10(21)22/h1-4,8-9H,5H2,(H,21,22)/t8-,9?/m0/s1. The number of nitrogens with zero attached hydrogens (tertiary/aromatic N) is 1. The Kier molecular flexibility index (Phi) is 4.75. The van der Waals surface area contributed by atoms with Crippen molar-refractivity contribution in [2.24, 2.45) is 0 Å². The zero-order valence-corrected chi connectivity index (χ0v) is 12.4. The normalized spacial score (nSPS) is 21.8. The first-order valence-electron chi connectivity index (χ1n) is 6.34. The predicted molar refractivity (Wildman–Crippen MR) is 71.0 cm³/mol. The number of hydrogen-bond acceptors (Lipinski definition) is 3. The van der Waals surface area contributed by atoms with Gasteiger partial charge in [-0.1, -0.05) is 12.1 Å². The number of rotatable bonds is 2. The van der Waals surface area contributed by atoms with Crippen LogP contribution in [0.25, 0.3) is 0 Å². The van der Waals surface area contributed by atoms with Gasteiger partial charge in [0, 0.05) is 5.75 Å². The van der Waals surface area contributed by atoms with E-state index >= 15 is 0 Å². The minimum atomic E-state index is -5.29. The van der Waals surface area contributed by atoms with Crippen LogP contribution in [0.4, 0.5) is 26.3 Å². The van der Waals surface area contributed by atoms with Crippen LogP contribution in [0.15, 0.2) is 24.3 Å². The summed E-state index contributed by atoms with van der Waals surface area (Å²) in [6, 6.07) is 1.49. The van der Waals surface area contributed by atoms with Crippen LogP contribution in [-0.2, 0) is 15.8 Å². The van der Waals surface area contributed by atoms with Gasteiger partial charge in [-0.2, -0.15) is 26.3 Å². The second-order valence-corrected chi connectivity index (χ2v) is 5.98. The summed E-state index contributed by atoms with van der Waals surface area (Å²) in [5, 5.41) is 7.66. The van der Waals surface area contributed by atoms with Gasteiger partial charge in [-0.25, -0.2) is 4.79 Å². The lowest BCUT2D eigenvalue weighted by Crippen LogP contribution is -2.48. The number of alkyl halides is 6. The highest BCUT2D eigenvalue weighted by molar-refractivity contribution is 7.99. The molecule has 1 N–H and O–H groups in total. The largest absolute Gasteiger partial charge is 0.480 e. The Morgan fingerprint density at radius 2 is 1.62 bits per heavy atom. The lowest BCUT2D eigenvalue weighted by Gasteiger charge is -2.28. The fraction of sp³-hybridized carbons (Fsp3) is 0.385. The first-order valence-corrected chi connectivity index (χ1v) is 7.39. The molecule has 1 unspecified atom stereocenters. The minimum absolute atomic E-state index is 0.0191. The number of carbonyl (C=O) groups is 2. The number of aliphatic carboxylic acids is 1. The van der Waals surface area contributed by atoms with Crippen LogP contribution in [0.5, 0.6) is 0 Å². The van der Waals surface area contributed by atoms with E-state index in [1.165, 1.54) is 0 Å². The number of hydrogen-bond donors (Lipinski definition) is 1. The summed E-state index contributed by atoms with van der Waals surface area (Å²) < 4.78 is 75.7. The lowest BCUT2D eigenvalue weighted by atomic mass is 10.1. The molecule has 1 aliphatic heterocycles. The van der Waals surface area contributed by atoms with Gasteiger partial charge in [-0.15, -0.1) is 11.8 Å². The van der Waals surface area contributed by atoms with Gasteiger partial charge in [0.2, 0.25) is 0 Å². The third kappa shape index (κ3) is 3.60. The zero-order valence-electron chi connectivity index (χ0n) is 11.6. The Labute approximate surface area is 135 Å². The molecule has 0 aromatic heterocycles. The van der Waals surface area contributed by atoms with E-state index < -0.39 is 41.2 Å². The van der Waals surface area contributed by atoms with Gasteiger partial charge in [-0.3, -0.25) is 4.79 Å². The average molecular weight is 373 g/mol. The van der Waals surface area contributed by atoms with Crippen LogP contribution in [-0.4, -0.2) is 39.9 Å². The zero-order chi connectivity index (χ0) is 18.3. The third-order valence-electron chi connectivity index (χ3n) is 3.29. The predicted octanol–water partition coefficient (Wildman–Crippen LogP) is 3.29. The topological polar surface area (TPSA) is 57.6 Å². The molecule has 0 radical (unpaired) electrons. The number of benzene rings is 1. The average Bonchev–Trinajstić information content (AvgIpc) is 2.89. The van der Waals surface area contributed by atoms with Crippen molar-refractivity contribution in [3.05, 3.63) is 35.4 Å². The highest BCUT2D eigenvalue weighted by Crippen LogP contribution is 2.44. The van der Waals surface area contributed by atoms with Crippen molar-refractivity contribution in [2.75, 3.05) is 5.75 Å². The Balaban J connectivity index is 2.37. The van der Waals surface area contributed by atoms with Crippen LogP contribution in [0.2, 0.25) is 0 Å². The van der Waals surface area contributed by atoms with Crippen molar-refractivity contribution in [2.45, 2.75) is 23.8 Å². The Bertz CT molecular complexity index is 643. The summed E-state index contributed by atoms with van der Waals surface area (Å²) in [4.78, 5) is 22.8. The molecule has 1 heterocycles. The van der Waals surface area contributed by atoms with E-state index in [9.17, 15) is 35.9 Å². The summed E-state index contributed by atoms with van der Waals surface area (Å²) in [6.45, 7) is 0. The van der Waals surface area contributed by atoms with Crippen LogP contribution in [0.3, 0.4) is 0 Å². The van der Waals surface area contributed by atoms with E-state index in [2.05, 4.69) is 0 Å². The molecule has 2 rings (SSSR count). The summed E-state index contributed by atoms with van der Waals surface area (Å²) in [5.41, 5.74) is -1.02. The van der Waals surface area contributed by atoms with Crippen molar-refractivity contribution in [3.8, 4) is 0 Å². The van der Waals surface area contributed by atoms with Crippen LogP contribution in [0.1, 0.15) is 16.5 Å². The smallest absolute Gasteiger partial charge is 0.471 e. The molecule has 1 aromatic carbocycles. The Morgan fingerprint density at radius 3 is 2.04 bits per heavy atom. The van der Waals surface area contributed by atoms with E-state index in [-0.39, 0.29) is 16.2 Å². The second kappa shape index (κ2) is 6.19. The summed E-state index contributed by atoms with van der Waals surface area (Å²) in [5.74, 6) is -4.26. The maximum absolute atomic E-state index is 12.7. The molecule has 0 saturated carbocycles. The van der Waals surface area contributed by atoms with E-state index in [4.69, 9.17) is 5.11 Å². The monoisotopic (exact) mass is 373 g/mol. The van der Waals surface area contributed by atoms with E-state index in [0.29, 0.717) is 12.1 Å². The highest BCUT2D eigenvalue weighted by atomic mass is 32.2. The van der Waals surface area contributed by atoms with Crippen molar-refractivity contribution in [1.82, 2.24) is 4.90 Å². The third-order valence-corrected chi connectivity index (χ3v) is 4.61. The van der Waals surface area contributed by atoms with Gasteiger partial charge in [-0.05, 0) is 17.7 Å². The van der Waals surface area contributed by atoms with Crippen LogP contribution >= 0.6 is 11.8 Å². The summed E-state index contributed by atoms with van der Waals surface area (Å²) in [7, 11) is 0. The lowest BCUT2D eigenvalue weighted by molar-refractivity contribution is -0.189. The molecule has 1 fully saturated rings. The molecular formula is C13H9F6NO3S. The van der Waals surface area contributed by atoms with E-state index in [0.717, 1.165) is 23.9 Å². The van der Waals surface area contributed by atoms with E-state index in [1.54, 1.807) is 0 Å². The molecule has 1 saturated heterocycles. The minimum Gasteiger partial charge on any atom is -0.480 e. The Hall–Kier alpha value is -1.91. The molecule has 132 valence electrons. The van der Waals surface area contributed by atoms with Crippen molar-refractivity contribution >= 4 is 23.6 Å². The van der Waals surface area contributed by atoms with Crippen LogP contribution < -0.4 is 0 Å². The number of amides is 1. The molecule has 11 heteroatoms. The first-order chi connectivity index (χ1) is 10.9. The molecule has 0 aliphatic carbocycles. The number of carbonyl (C=O) groups excluding carboxylic acids is 1. The van der Waals surface area contributed by atoms with E-state index in [1.807, 2.05) is 0 Å². The SMILES string of the molecule is O=C(O)[C@@H]1CSC(c2ccc(C(F)(F)F)cc2)N1C(=O)C(F)(F)F. The van der Waals surface area contributed by atoms with Gasteiger partial charge in [0.05, 0.1) is 5.56 Å². The molecular weight excluding hydrogens is 364 g/mol. The fourth-order valence-electron chi connectivity index (χ4n) is 2.18. The van der Waals surface area contributed by atoms with Crippen molar-refractivity contribution < 1.29 is 41.0 Å². The summed E-state index contributed by atoms with van der Waals surface area (Å²) >= 11 is 0.741. The van der Waals surface area contributed by atoms with Gasteiger partial charge in [0.1, 0.15) is 11.4 Å². The quantitative estimate of drug-likeness (QED) is 0.809. The number of carboxylic acid groups (broad SMARTS) is 1. The highest BCUT2D eigenvalue weighted by Gasteiger charge is 2.52. The van der Waals surface area contributed by atoms with Crippen LogP contribution in [0, 0.1) is 0 Å². The first kappa shape index (κ1) is 18.4. The van der Waals surface area contributed by atoms with Crippen molar-refractivity contribution in [3.63, 3.8) is 0 Å². The second-order valence-electron chi connectivity index (χ2n) is 4.87. The molecule has 0 bridgehead atoms. The summed E-state index contributed by atoms with van der Waals surface area (Å²) in [6.07, 6.45) is -9.91. The molecule has 2 atom stereocenters. The maximum Gasteiger partial charge on any atom is 0.471 e. The molecule has 24 heavy (non-hydrogen) atoms. The number of carboxylic acids is 1. The van der Waals surface area contributed by atoms with Crippen molar-refractivity contribution in [1.29, 1.82) is 0 Å². The molecule has 0 spiro atoms. The molecule has 1 aromatic rings. The Morgan fingerprint density at radius 1 is 1.08 bits per heavy atom. The molecule has 4 nitrogen and oxygen atoms in total. The molecule has 1 amide bonds. The fourth-order valence-corrected chi connectivity index (χ4v) is 3.61. The maximum atomic E-state index is 12.7. The number of halogens is 6. The van der Waals surface area contributed by atoms with Gasteiger partial charge >= 0.3 is 24.2 Å². The number of thioether (sulfide) groups is 1. The van der Waals surface area contributed by atoms with Gasteiger partial charge < -0.3 is 10.0 Å². The van der Waals surface area contributed by atoms with Gasteiger partial charge in [0.25, 0.3) is 0 Å². The molecule has 1 aliphatic rings.